The molecule has 0 aliphatic carbocycles. The quantitative estimate of drug-likeness (QED) is 0.772. The van der Waals surface area contributed by atoms with Gasteiger partial charge in [-0.05, 0) is 36.6 Å². The number of hydrogen-bond donors (Lipinski definition) is 0. The highest BCUT2D eigenvalue weighted by atomic mass is 19.1. The molecule has 0 saturated carbocycles. The van der Waals surface area contributed by atoms with E-state index in [0.717, 1.165) is 17.2 Å². The van der Waals surface area contributed by atoms with E-state index in [0.29, 0.717) is 12.6 Å². The average Bonchev–Trinajstić information content (AvgIpc) is 2.48. The molecule has 2 aromatic carbocycles. The first kappa shape index (κ1) is 15.6. The minimum atomic E-state index is -0.912. The van der Waals surface area contributed by atoms with Crippen LogP contribution in [0.4, 0.5) is 14.5 Å². The number of aryl methyl sites for hydroxylation is 2. The Kier molecular flexibility index (Phi) is 4.77. The maximum atomic E-state index is 13.6. The summed E-state index contributed by atoms with van der Waals surface area (Å²) in [7, 11) is 0. The van der Waals surface area contributed by atoms with Gasteiger partial charge in [0.05, 0.1) is 18.1 Å². The molecule has 0 radical (unpaired) electrons. The fourth-order valence-corrected chi connectivity index (χ4v) is 1.88. The Morgan fingerprint density at radius 2 is 1.86 bits per heavy atom. The topological polar surface area (TPSA) is 48.5 Å². The van der Waals surface area contributed by atoms with E-state index in [4.69, 9.17) is 5.26 Å². The summed E-state index contributed by atoms with van der Waals surface area (Å²) < 4.78 is 26.6. The van der Waals surface area contributed by atoms with Gasteiger partial charge in [0.25, 0.3) is 0 Å². The van der Waals surface area contributed by atoms with Crippen molar-refractivity contribution in [2.45, 2.75) is 20.4 Å². The number of hydrogen-bond acceptors (Lipinski definition) is 3. The largest absolute Gasteiger partial charge is 0.221 e. The Hall–Kier alpha value is -2.83. The highest BCUT2D eigenvalue weighted by Gasteiger charge is 2.09. The van der Waals surface area contributed by atoms with Crippen LogP contribution < -0.4 is 0 Å². The number of halogens is 2. The molecule has 22 heavy (non-hydrogen) atoms. The lowest BCUT2D eigenvalue weighted by atomic mass is 10.1. The van der Waals surface area contributed by atoms with E-state index < -0.39 is 11.6 Å². The third kappa shape index (κ3) is 3.63. The van der Waals surface area contributed by atoms with Gasteiger partial charge in [0.15, 0.2) is 5.82 Å². The summed E-state index contributed by atoms with van der Waals surface area (Å²) in [5.74, 6) is -1.73. The first-order valence-corrected chi connectivity index (χ1v) is 6.58. The second kappa shape index (κ2) is 6.75. The lowest BCUT2D eigenvalue weighted by Crippen LogP contribution is -1.87. The maximum absolute atomic E-state index is 13.6. The zero-order chi connectivity index (χ0) is 16.1. The van der Waals surface area contributed by atoms with Crippen LogP contribution in [0.15, 0.2) is 40.3 Å². The minimum Gasteiger partial charge on any atom is -0.221 e. The molecule has 5 heteroatoms. The van der Waals surface area contributed by atoms with Gasteiger partial charge in [0.2, 0.25) is 0 Å². The molecule has 0 amide bonds. The number of benzene rings is 2. The smallest absolute Gasteiger partial charge is 0.153 e. The van der Waals surface area contributed by atoms with Crippen molar-refractivity contribution in [2.24, 2.45) is 9.98 Å². The SMILES string of the molecule is Cc1ccc(CN=C=Nc2c(F)cc(F)cc2C#N)cc1C. The lowest BCUT2D eigenvalue weighted by Gasteiger charge is -2.01. The molecule has 0 heterocycles. The van der Waals surface area contributed by atoms with Gasteiger partial charge in [-0.1, -0.05) is 18.2 Å². The Bertz CT molecular complexity index is 813. The van der Waals surface area contributed by atoms with Gasteiger partial charge in [0.1, 0.15) is 17.6 Å². The van der Waals surface area contributed by atoms with E-state index in [1.807, 2.05) is 32.0 Å². The Labute approximate surface area is 127 Å². The molecule has 0 bridgehead atoms. The van der Waals surface area contributed by atoms with Crippen LogP contribution in [0.3, 0.4) is 0 Å². The molecule has 2 aromatic rings. The molecule has 0 aromatic heterocycles. The van der Waals surface area contributed by atoms with Gasteiger partial charge < -0.3 is 0 Å². The fourth-order valence-electron chi connectivity index (χ4n) is 1.88. The number of rotatable bonds is 3. The fraction of sp³-hybridized carbons (Fsp3) is 0.176. The van der Waals surface area contributed by atoms with Crippen LogP contribution in [0.2, 0.25) is 0 Å². The number of nitriles is 1. The van der Waals surface area contributed by atoms with Gasteiger partial charge in [-0.2, -0.15) is 10.3 Å². The predicted octanol–water partition coefficient (Wildman–Crippen LogP) is 4.46. The van der Waals surface area contributed by atoms with Crippen molar-refractivity contribution < 1.29 is 8.78 Å². The zero-order valence-electron chi connectivity index (χ0n) is 12.2. The van der Waals surface area contributed by atoms with Crippen LogP contribution in [0.5, 0.6) is 0 Å². The van der Waals surface area contributed by atoms with Gasteiger partial charge >= 0.3 is 0 Å². The second-order valence-corrected chi connectivity index (χ2v) is 4.84. The second-order valence-electron chi connectivity index (χ2n) is 4.84. The molecule has 0 spiro atoms. The molecular formula is C17H13F2N3. The minimum absolute atomic E-state index is 0.189. The molecule has 0 unspecified atom stereocenters. The van der Waals surface area contributed by atoms with Crippen molar-refractivity contribution in [3.63, 3.8) is 0 Å². The van der Waals surface area contributed by atoms with Crippen LogP contribution in [-0.2, 0) is 6.54 Å². The van der Waals surface area contributed by atoms with Gasteiger partial charge in [0, 0.05) is 6.07 Å². The predicted molar refractivity (Wildman–Crippen MR) is 80.2 cm³/mol. The maximum Gasteiger partial charge on any atom is 0.153 e. The van der Waals surface area contributed by atoms with Crippen molar-refractivity contribution in [1.29, 1.82) is 5.26 Å². The molecule has 0 saturated heterocycles. The average molecular weight is 297 g/mol. The van der Waals surface area contributed by atoms with E-state index >= 15 is 0 Å². The van der Waals surface area contributed by atoms with E-state index in [2.05, 4.69) is 16.0 Å². The van der Waals surface area contributed by atoms with E-state index in [9.17, 15) is 8.78 Å². The van der Waals surface area contributed by atoms with Crippen LogP contribution in [0, 0.1) is 36.8 Å². The Morgan fingerprint density at radius 3 is 2.55 bits per heavy atom. The van der Waals surface area contributed by atoms with Gasteiger partial charge in [-0.3, -0.25) is 0 Å². The van der Waals surface area contributed by atoms with Crippen molar-refractivity contribution in [3.8, 4) is 6.07 Å². The third-order valence-corrected chi connectivity index (χ3v) is 3.21. The molecule has 0 aliphatic rings. The van der Waals surface area contributed by atoms with Crippen LogP contribution in [0.1, 0.15) is 22.3 Å². The van der Waals surface area contributed by atoms with Crippen molar-refractivity contribution in [1.82, 2.24) is 0 Å². The monoisotopic (exact) mass is 297 g/mol. The first-order chi connectivity index (χ1) is 10.5. The molecule has 0 fully saturated rings. The molecule has 0 atom stereocenters. The number of aliphatic imine (C=N–C) groups is 2. The summed E-state index contributed by atoms with van der Waals surface area (Å²) in [6.07, 6.45) is 0. The summed E-state index contributed by atoms with van der Waals surface area (Å²) >= 11 is 0. The summed E-state index contributed by atoms with van der Waals surface area (Å²) in [6.45, 7) is 4.36. The Morgan fingerprint density at radius 1 is 1.09 bits per heavy atom. The van der Waals surface area contributed by atoms with E-state index in [-0.39, 0.29) is 11.3 Å². The molecule has 2 rings (SSSR count). The normalized spacial score (nSPS) is 9.77. The Balaban J connectivity index is 2.22. The summed E-state index contributed by atoms with van der Waals surface area (Å²) in [4.78, 5) is 7.65. The standard InChI is InChI=1S/C17H13F2N3/c1-11-3-4-13(5-12(11)2)9-21-10-22-17-14(8-20)6-15(18)7-16(17)19/h3-7H,9H2,1-2H3. The van der Waals surface area contributed by atoms with Crippen molar-refractivity contribution in [2.75, 3.05) is 0 Å². The van der Waals surface area contributed by atoms with Crippen molar-refractivity contribution >= 4 is 11.7 Å². The molecule has 110 valence electrons. The first-order valence-electron chi connectivity index (χ1n) is 6.58. The highest BCUT2D eigenvalue weighted by molar-refractivity contribution is 5.60. The highest BCUT2D eigenvalue weighted by Crippen LogP contribution is 2.23. The van der Waals surface area contributed by atoms with Gasteiger partial charge in [-0.15, -0.1) is 0 Å². The summed E-state index contributed by atoms with van der Waals surface area (Å²) in [5, 5.41) is 8.86. The van der Waals surface area contributed by atoms with E-state index in [1.54, 1.807) is 6.07 Å². The van der Waals surface area contributed by atoms with Crippen LogP contribution in [-0.4, -0.2) is 6.01 Å². The molecule has 0 aliphatic heterocycles. The van der Waals surface area contributed by atoms with Crippen molar-refractivity contribution in [3.05, 3.63) is 64.2 Å². The lowest BCUT2D eigenvalue weighted by molar-refractivity contribution is 0.584. The molecule has 0 N–H and O–H groups in total. The third-order valence-electron chi connectivity index (χ3n) is 3.21. The van der Waals surface area contributed by atoms with E-state index in [1.165, 1.54) is 5.56 Å². The molecular weight excluding hydrogens is 284 g/mol. The number of nitrogens with zero attached hydrogens (tertiary/aromatic N) is 3. The van der Waals surface area contributed by atoms with Crippen LogP contribution >= 0.6 is 0 Å². The van der Waals surface area contributed by atoms with Gasteiger partial charge in [-0.25, -0.2) is 13.8 Å². The summed E-state index contributed by atoms with van der Waals surface area (Å²) in [6, 6.07) is 11.6. The molecule has 3 nitrogen and oxygen atoms in total. The van der Waals surface area contributed by atoms with Crippen LogP contribution in [0.25, 0.3) is 0 Å². The zero-order valence-corrected chi connectivity index (χ0v) is 12.2. The summed E-state index contributed by atoms with van der Waals surface area (Å²) in [5.41, 5.74) is 2.87.